The van der Waals surface area contributed by atoms with Gasteiger partial charge in [-0.3, -0.25) is 0 Å². The number of nitrogens with zero attached hydrogens (tertiary/aromatic N) is 1. The van der Waals surface area contributed by atoms with Crippen LogP contribution < -0.4 is 4.74 Å². The molecule has 5 nitrogen and oxygen atoms in total. The Kier molecular flexibility index (Phi) is 6.17. The zero-order valence-corrected chi connectivity index (χ0v) is 16.3. The van der Waals surface area contributed by atoms with Crippen LogP contribution in [0, 0.1) is 11.7 Å². The third-order valence-corrected chi connectivity index (χ3v) is 4.31. The predicted octanol–water partition coefficient (Wildman–Crippen LogP) is 3.99. The molecule has 0 radical (unpaired) electrons. The Morgan fingerprint density at radius 3 is 2.50 bits per heavy atom. The summed E-state index contributed by atoms with van der Waals surface area (Å²) >= 11 is 0. The number of rotatable bonds is 4. The highest BCUT2D eigenvalue weighted by Gasteiger charge is 2.45. The van der Waals surface area contributed by atoms with Gasteiger partial charge in [-0.2, -0.15) is 0 Å². The zero-order valence-electron chi connectivity index (χ0n) is 16.3. The minimum Gasteiger partial charge on any atom is -0.486 e. The highest BCUT2D eigenvalue weighted by molar-refractivity contribution is 5.68. The van der Waals surface area contributed by atoms with Crippen molar-refractivity contribution in [2.45, 2.75) is 64.8 Å². The summed E-state index contributed by atoms with van der Waals surface area (Å²) in [6.45, 7) is 10.1. The zero-order chi connectivity index (χ0) is 19.5. The van der Waals surface area contributed by atoms with Gasteiger partial charge in [0.15, 0.2) is 0 Å². The minimum absolute atomic E-state index is 0.218. The number of hydrogen-bond donors (Lipinski definition) is 1. The maximum atomic E-state index is 13.1. The highest BCUT2D eigenvalue weighted by Crippen LogP contribution is 2.33. The summed E-state index contributed by atoms with van der Waals surface area (Å²) in [5, 5.41) is 11.2. The Labute approximate surface area is 155 Å². The Morgan fingerprint density at radius 1 is 1.35 bits per heavy atom. The van der Waals surface area contributed by atoms with E-state index in [1.54, 1.807) is 4.90 Å². The molecule has 0 spiro atoms. The van der Waals surface area contributed by atoms with E-state index in [1.807, 2.05) is 34.6 Å². The van der Waals surface area contributed by atoms with Gasteiger partial charge >= 0.3 is 6.09 Å². The minimum atomic E-state index is -1.05. The quantitative estimate of drug-likeness (QED) is 0.874. The monoisotopic (exact) mass is 367 g/mol. The third-order valence-electron chi connectivity index (χ3n) is 4.31. The second-order valence-electron chi connectivity index (χ2n) is 8.44. The fourth-order valence-corrected chi connectivity index (χ4v) is 3.21. The normalized spacial score (nSPS) is 23.8. The molecule has 26 heavy (non-hydrogen) atoms. The van der Waals surface area contributed by atoms with Crippen molar-refractivity contribution in [3.63, 3.8) is 0 Å². The van der Waals surface area contributed by atoms with Crippen LogP contribution in [0.25, 0.3) is 0 Å². The Hall–Kier alpha value is -1.82. The van der Waals surface area contributed by atoms with Crippen LogP contribution in [0.4, 0.5) is 9.18 Å². The molecule has 6 heteroatoms. The summed E-state index contributed by atoms with van der Waals surface area (Å²) in [6.07, 6.45) is -0.0782. The summed E-state index contributed by atoms with van der Waals surface area (Å²) in [5.74, 6) is 0.380. The SMILES string of the molecule is CC(C)C[C@]1(O)CCN(C(=O)OC(C)(C)C)C[C@@H]1Oc1ccc(F)cc1. The topological polar surface area (TPSA) is 59.0 Å². The largest absolute Gasteiger partial charge is 0.486 e. The maximum Gasteiger partial charge on any atom is 0.410 e. The van der Waals surface area contributed by atoms with E-state index in [4.69, 9.17) is 9.47 Å². The van der Waals surface area contributed by atoms with Gasteiger partial charge < -0.3 is 19.5 Å². The fourth-order valence-electron chi connectivity index (χ4n) is 3.21. The number of ether oxygens (including phenoxy) is 2. The van der Waals surface area contributed by atoms with Crippen molar-refractivity contribution in [2.75, 3.05) is 13.1 Å². The van der Waals surface area contributed by atoms with E-state index in [9.17, 15) is 14.3 Å². The molecular weight excluding hydrogens is 337 g/mol. The van der Waals surface area contributed by atoms with E-state index in [-0.39, 0.29) is 18.3 Å². The number of likely N-dealkylation sites (tertiary alicyclic amines) is 1. The molecule has 146 valence electrons. The van der Waals surface area contributed by atoms with Crippen LogP contribution in [-0.4, -0.2) is 46.5 Å². The molecule has 1 aliphatic rings. The molecule has 1 amide bonds. The lowest BCUT2D eigenvalue weighted by molar-refractivity contribution is -0.116. The number of halogens is 1. The van der Waals surface area contributed by atoms with Gasteiger partial charge in [0.1, 0.15) is 28.9 Å². The molecule has 0 aromatic heterocycles. The van der Waals surface area contributed by atoms with Crippen molar-refractivity contribution in [1.82, 2.24) is 4.90 Å². The fraction of sp³-hybridized carbons (Fsp3) is 0.650. The molecule has 0 aliphatic carbocycles. The van der Waals surface area contributed by atoms with Gasteiger partial charge in [-0.1, -0.05) is 13.8 Å². The number of piperidine rings is 1. The summed E-state index contributed by atoms with van der Waals surface area (Å²) < 4.78 is 24.6. The molecule has 1 heterocycles. The van der Waals surface area contributed by atoms with Gasteiger partial charge in [-0.25, -0.2) is 9.18 Å². The molecule has 0 saturated carbocycles. The van der Waals surface area contributed by atoms with Gasteiger partial charge in [0.2, 0.25) is 0 Å². The lowest BCUT2D eigenvalue weighted by Gasteiger charge is -2.45. The van der Waals surface area contributed by atoms with E-state index in [1.165, 1.54) is 24.3 Å². The highest BCUT2D eigenvalue weighted by atomic mass is 19.1. The van der Waals surface area contributed by atoms with Crippen LogP contribution in [0.1, 0.15) is 47.5 Å². The molecule has 1 N–H and O–H groups in total. The lowest BCUT2D eigenvalue weighted by Crippen LogP contribution is -2.60. The van der Waals surface area contributed by atoms with E-state index in [0.29, 0.717) is 25.1 Å². The average Bonchev–Trinajstić information content (AvgIpc) is 2.49. The molecule has 1 aromatic carbocycles. The van der Waals surface area contributed by atoms with Gasteiger partial charge in [-0.15, -0.1) is 0 Å². The van der Waals surface area contributed by atoms with Crippen LogP contribution in [-0.2, 0) is 4.74 Å². The standard InChI is InChI=1S/C20H30FNO4/c1-14(2)12-20(24)10-11-22(18(23)26-19(3,4)5)13-17(20)25-16-8-6-15(21)7-9-16/h6-9,14,17,24H,10-13H2,1-5H3/t17-,20+/m0/s1. The van der Waals surface area contributed by atoms with E-state index in [0.717, 1.165) is 0 Å². The number of benzene rings is 1. The van der Waals surface area contributed by atoms with E-state index >= 15 is 0 Å². The Bertz CT molecular complexity index is 611. The van der Waals surface area contributed by atoms with Crippen LogP contribution in [0.15, 0.2) is 24.3 Å². The van der Waals surface area contributed by atoms with Crippen molar-refractivity contribution >= 4 is 6.09 Å². The van der Waals surface area contributed by atoms with Gasteiger partial charge in [0, 0.05) is 6.54 Å². The Morgan fingerprint density at radius 2 is 1.96 bits per heavy atom. The van der Waals surface area contributed by atoms with E-state index < -0.39 is 23.4 Å². The van der Waals surface area contributed by atoms with Gasteiger partial charge in [0.05, 0.1) is 6.54 Å². The van der Waals surface area contributed by atoms with Crippen LogP contribution in [0.5, 0.6) is 5.75 Å². The van der Waals surface area contributed by atoms with Gasteiger partial charge in [-0.05, 0) is 63.8 Å². The first-order valence-corrected chi connectivity index (χ1v) is 9.11. The summed E-state index contributed by atoms with van der Waals surface area (Å²) in [7, 11) is 0. The number of carbonyl (C=O) groups excluding carboxylic acids is 1. The van der Waals surface area contributed by atoms with Crippen molar-refractivity contribution in [3.8, 4) is 5.75 Å². The molecule has 1 aliphatic heterocycles. The Balaban J connectivity index is 2.17. The number of hydrogen-bond acceptors (Lipinski definition) is 4. The number of amides is 1. The van der Waals surface area contributed by atoms with Gasteiger partial charge in [0.25, 0.3) is 0 Å². The van der Waals surface area contributed by atoms with E-state index in [2.05, 4.69) is 0 Å². The first-order valence-electron chi connectivity index (χ1n) is 9.11. The van der Waals surface area contributed by atoms with Crippen molar-refractivity contribution in [2.24, 2.45) is 5.92 Å². The number of aliphatic hydroxyl groups is 1. The molecule has 1 aromatic rings. The summed E-state index contributed by atoms with van der Waals surface area (Å²) in [4.78, 5) is 14.0. The predicted molar refractivity (Wildman–Crippen MR) is 97.6 cm³/mol. The van der Waals surface area contributed by atoms with Crippen LogP contribution in [0.3, 0.4) is 0 Å². The van der Waals surface area contributed by atoms with Crippen LogP contribution in [0.2, 0.25) is 0 Å². The maximum absolute atomic E-state index is 13.1. The molecule has 2 atom stereocenters. The molecule has 2 rings (SSSR count). The van der Waals surface area contributed by atoms with Crippen molar-refractivity contribution in [3.05, 3.63) is 30.1 Å². The third kappa shape index (κ3) is 5.59. The molecule has 1 saturated heterocycles. The van der Waals surface area contributed by atoms with Crippen molar-refractivity contribution < 1.29 is 23.8 Å². The summed E-state index contributed by atoms with van der Waals surface area (Å²) in [5.41, 5.74) is -1.64. The van der Waals surface area contributed by atoms with Crippen molar-refractivity contribution in [1.29, 1.82) is 0 Å². The second-order valence-corrected chi connectivity index (χ2v) is 8.44. The first kappa shape index (κ1) is 20.5. The smallest absolute Gasteiger partial charge is 0.410 e. The number of carbonyl (C=O) groups is 1. The average molecular weight is 367 g/mol. The first-order chi connectivity index (χ1) is 12.0. The lowest BCUT2D eigenvalue weighted by atomic mass is 9.81. The molecular formula is C20H30FNO4. The second kappa shape index (κ2) is 7.82. The molecule has 0 bridgehead atoms. The molecule has 0 unspecified atom stereocenters. The van der Waals surface area contributed by atoms with Crippen LogP contribution >= 0.6 is 0 Å². The molecule has 1 fully saturated rings. The summed E-state index contributed by atoms with van der Waals surface area (Å²) in [6, 6.07) is 5.67.